The van der Waals surface area contributed by atoms with E-state index < -0.39 is 5.92 Å². The molecule has 0 unspecified atom stereocenters. The first-order valence-electron chi connectivity index (χ1n) is 3.21. The first-order chi connectivity index (χ1) is 4.10. The normalized spacial score (nSPS) is 30.9. The van der Waals surface area contributed by atoms with E-state index in [0.717, 1.165) is 0 Å². The standard InChI is InChI=1S/C6H11F2N.ClH/c1-5-4-6(7,8)2-3-9-5;/h5,9H,2-4H2,1H3;1H/t5-;/m1./s1. The summed E-state index contributed by atoms with van der Waals surface area (Å²) in [5, 5.41) is 2.96. The van der Waals surface area contributed by atoms with Crippen molar-refractivity contribution in [3.8, 4) is 0 Å². The van der Waals surface area contributed by atoms with Crippen molar-refractivity contribution in [1.82, 2.24) is 5.32 Å². The Hall–Kier alpha value is 0.110. The molecule has 0 aromatic carbocycles. The molecule has 1 aliphatic heterocycles. The Morgan fingerprint density at radius 1 is 1.50 bits per heavy atom. The third kappa shape index (κ3) is 2.80. The molecule has 1 nitrogen and oxygen atoms in total. The molecule has 0 aromatic heterocycles. The zero-order valence-electron chi connectivity index (χ0n) is 5.86. The summed E-state index contributed by atoms with van der Waals surface area (Å²) < 4.78 is 24.8. The van der Waals surface area contributed by atoms with E-state index in [-0.39, 0.29) is 31.3 Å². The van der Waals surface area contributed by atoms with Crippen molar-refractivity contribution in [2.45, 2.75) is 31.7 Å². The molecule has 0 spiro atoms. The monoisotopic (exact) mass is 171 g/mol. The SMILES string of the molecule is C[C@@H]1CC(F)(F)CCN1.Cl. The van der Waals surface area contributed by atoms with Gasteiger partial charge >= 0.3 is 0 Å². The molecule has 1 N–H and O–H groups in total. The van der Waals surface area contributed by atoms with Crippen LogP contribution in [0.4, 0.5) is 8.78 Å². The van der Waals surface area contributed by atoms with E-state index >= 15 is 0 Å². The van der Waals surface area contributed by atoms with Crippen LogP contribution in [0.3, 0.4) is 0 Å². The second-order valence-corrected chi connectivity index (χ2v) is 2.67. The lowest BCUT2D eigenvalue weighted by Crippen LogP contribution is -2.41. The van der Waals surface area contributed by atoms with E-state index in [4.69, 9.17) is 0 Å². The molecule has 0 bridgehead atoms. The highest BCUT2D eigenvalue weighted by molar-refractivity contribution is 5.85. The number of piperidine rings is 1. The molecule has 0 radical (unpaired) electrons. The van der Waals surface area contributed by atoms with Gasteiger partial charge in [0.15, 0.2) is 0 Å². The summed E-state index contributed by atoms with van der Waals surface area (Å²) in [5.41, 5.74) is 0. The highest BCUT2D eigenvalue weighted by Crippen LogP contribution is 2.26. The molecule has 4 heteroatoms. The molecule has 0 amide bonds. The van der Waals surface area contributed by atoms with Gasteiger partial charge in [0, 0.05) is 25.4 Å². The summed E-state index contributed by atoms with van der Waals surface area (Å²) in [5.74, 6) is -2.41. The lowest BCUT2D eigenvalue weighted by Gasteiger charge is -2.27. The van der Waals surface area contributed by atoms with Crippen LogP contribution >= 0.6 is 12.4 Å². The first-order valence-corrected chi connectivity index (χ1v) is 3.21. The molecule has 1 atom stereocenters. The Bertz CT molecular complexity index is 108. The van der Waals surface area contributed by atoms with Crippen molar-refractivity contribution in [1.29, 1.82) is 0 Å². The number of hydrogen-bond acceptors (Lipinski definition) is 1. The molecule has 10 heavy (non-hydrogen) atoms. The summed E-state index contributed by atoms with van der Waals surface area (Å²) in [6.45, 7) is 2.24. The summed E-state index contributed by atoms with van der Waals surface area (Å²) in [7, 11) is 0. The van der Waals surface area contributed by atoms with Crippen molar-refractivity contribution >= 4 is 12.4 Å². The quantitative estimate of drug-likeness (QED) is 0.586. The molecule has 0 aromatic rings. The summed E-state index contributed by atoms with van der Waals surface area (Å²) in [4.78, 5) is 0. The summed E-state index contributed by atoms with van der Waals surface area (Å²) in [6.07, 6.45) is -0.00958. The van der Waals surface area contributed by atoms with Crippen LogP contribution in [-0.2, 0) is 0 Å². The van der Waals surface area contributed by atoms with Crippen molar-refractivity contribution < 1.29 is 8.78 Å². The molecule has 1 fully saturated rings. The lowest BCUT2D eigenvalue weighted by atomic mass is 10.0. The summed E-state index contributed by atoms with van der Waals surface area (Å²) in [6, 6.07) is -0.0197. The van der Waals surface area contributed by atoms with Crippen LogP contribution in [0.15, 0.2) is 0 Å². The molecular formula is C6H12ClF2N. The lowest BCUT2D eigenvalue weighted by molar-refractivity contribution is -0.0387. The van der Waals surface area contributed by atoms with Gasteiger partial charge < -0.3 is 5.32 Å². The number of alkyl halides is 2. The Balaban J connectivity index is 0.000000810. The van der Waals surface area contributed by atoms with Crippen molar-refractivity contribution in [2.24, 2.45) is 0 Å². The van der Waals surface area contributed by atoms with Crippen LogP contribution in [0.2, 0.25) is 0 Å². The minimum Gasteiger partial charge on any atom is -0.314 e. The fourth-order valence-corrected chi connectivity index (χ4v) is 1.12. The van der Waals surface area contributed by atoms with Crippen LogP contribution in [0.5, 0.6) is 0 Å². The predicted octanol–water partition coefficient (Wildman–Crippen LogP) is 1.82. The van der Waals surface area contributed by atoms with Crippen molar-refractivity contribution in [3.63, 3.8) is 0 Å². The van der Waals surface area contributed by atoms with E-state index in [9.17, 15) is 8.78 Å². The van der Waals surface area contributed by atoms with E-state index in [1.54, 1.807) is 6.92 Å². The number of nitrogens with one attached hydrogen (secondary N) is 1. The highest BCUT2D eigenvalue weighted by Gasteiger charge is 2.33. The van der Waals surface area contributed by atoms with Gasteiger partial charge in [-0.3, -0.25) is 0 Å². The zero-order chi connectivity index (χ0) is 6.91. The van der Waals surface area contributed by atoms with E-state index in [0.29, 0.717) is 6.54 Å². The number of hydrogen-bond donors (Lipinski definition) is 1. The van der Waals surface area contributed by atoms with E-state index in [1.807, 2.05) is 0 Å². The van der Waals surface area contributed by atoms with Gasteiger partial charge in [-0.05, 0) is 6.92 Å². The first kappa shape index (κ1) is 10.1. The van der Waals surface area contributed by atoms with Crippen LogP contribution in [-0.4, -0.2) is 18.5 Å². The molecule has 1 aliphatic rings. The van der Waals surface area contributed by atoms with Crippen LogP contribution in [0.25, 0.3) is 0 Å². The number of rotatable bonds is 0. The smallest absolute Gasteiger partial charge is 0.250 e. The average molecular weight is 172 g/mol. The predicted molar refractivity (Wildman–Crippen MR) is 38.9 cm³/mol. The fraction of sp³-hybridized carbons (Fsp3) is 1.00. The van der Waals surface area contributed by atoms with Crippen LogP contribution in [0.1, 0.15) is 19.8 Å². The minimum atomic E-state index is -2.41. The maximum absolute atomic E-state index is 12.4. The molecule has 1 heterocycles. The van der Waals surface area contributed by atoms with Gasteiger partial charge in [0.25, 0.3) is 5.92 Å². The molecule has 0 saturated carbocycles. The van der Waals surface area contributed by atoms with Crippen LogP contribution < -0.4 is 5.32 Å². The molecule has 1 saturated heterocycles. The van der Waals surface area contributed by atoms with Gasteiger partial charge in [0.05, 0.1) is 0 Å². The summed E-state index contributed by atoms with van der Waals surface area (Å²) >= 11 is 0. The molecule has 0 aliphatic carbocycles. The third-order valence-electron chi connectivity index (χ3n) is 1.59. The zero-order valence-corrected chi connectivity index (χ0v) is 6.68. The highest BCUT2D eigenvalue weighted by atomic mass is 35.5. The number of halogens is 3. The third-order valence-corrected chi connectivity index (χ3v) is 1.59. The van der Waals surface area contributed by atoms with Gasteiger partial charge in [-0.1, -0.05) is 0 Å². The van der Waals surface area contributed by atoms with E-state index in [1.165, 1.54) is 0 Å². The van der Waals surface area contributed by atoms with Gasteiger partial charge in [-0.2, -0.15) is 0 Å². The maximum atomic E-state index is 12.4. The molecular weight excluding hydrogens is 160 g/mol. The fourth-order valence-electron chi connectivity index (χ4n) is 1.12. The van der Waals surface area contributed by atoms with Crippen molar-refractivity contribution in [2.75, 3.05) is 6.54 Å². The Morgan fingerprint density at radius 2 is 2.10 bits per heavy atom. The van der Waals surface area contributed by atoms with Crippen LogP contribution in [0, 0.1) is 0 Å². The van der Waals surface area contributed by atoms with E-state index in [2.05, 4.69) is 5.32 Å². The topological polar surface area (TPSA) is 12.0 Å². The molecule has 1 rings (SSSR count). The Kier molecular flexibility index (Phi) is 3.52. The maximum Gasteiger partial charge on any atom is 0.250 e. The Morgan fingerprint density at radius 3 is 2.40 bits per heavy atom. The van der Waals surface area contributed by atoms with Gasteiger partial charge in [-0.15, -0.1) is 12.4 Å². The average Bonchev–Trinajstić information content (AvgIpc) is 1.60. The second kappa shape index (κ2) is 3.49. The van der Waals surface area contributed by atoms with Gasteiger partial charge in [-0.25, -0.2) is 8.78 Å². The van der Waals surface area contributed by atoms with Gasteiger partial charge in [0.2, 0.25) is 0 Å². The van der Waals surface area contributed by atoms with Crippen molar-refractivity contribution in [3.05, 3.63) is 0 Å². The molecule has 62 valence electrons. The minimum absolute atomic E-state index is 0. The van der Waals surface area contributed by atoms with Gasteiger partial charge in [0.1, 0.15) is 0 Å². The Labute approximate surface area is 65.6 Å². The second-order valence-electron chi connectivity index (χ2n) is 2.67. The largest absolute Gasteiger partial charge is 0.314 e.